The van der Waals surface area contributed by atoms with E-state index in [0.717, 1.165) is 22.9 Å². The summed E-state index contributed by atoms with van der Waals surface area (Å²) in [6.45, 7) is 1.81. The zero-order valence-corrected chi connectivity index (χ0v) is 13.0. The van der Waals surface area contributed by atoms with Crippen molar-refractivity contribution in [3.05, 3.63) is 72.2 Å². The van der Waals surface area contributed by atoms with Crippen LogP contribution in [0, 0.1) is 27.2 Å². The van der Waals surface area contributed by atoms with Gasteiger partial charge in [0.25, 0.3) is 22.8 Å². The third-order valence-electron chi connectivity index (χ3n) is 3.20. The summed E-state index contributed by atoms with van der Waals surface area (Å²) < 4.78 is 1.16. The van der Waals surface area contributed by atoms with E-state index in [1.807, 2.05) is 0 Å². The van der Waals surface area contributed by atoms with Crippen molar-refractivity contribution in [1.82, 2.24) is 15.1 Å². The van der Waals surface area contributed by atoms with Crippen LogP contribution in [0.3, 0.4) is 0 Å². The van der Waals surface area contributed by atoms with Gasteiger partial charge in [0, 0.05) is 24.7 Å². The Morgan fingerprint density at radius 3 is 2.32 bits per heavy atom. The van der Waals surface area contributed by atoms with Crippen LogP contribution in [0.1, 0.15) is 16.1 Å². The Morgan fingerprint density at radius 2 is 1.76 bits per heavy atom. The molecular weight excluding hydrogens is 334 g/mol. The maximum atomic E-state index is 12.1. The molecule has 1 aromatic carbocycles. The largest absolute Gasteiger partial charge is 0.350 e. The monoisotopic (exact) mass is 347 g/mol. The average Bonchev–Trinajstić information content (AvgIpc) is 2.57. The topological polar surface area (TPSA) is 150 Å². The lowest BCUT2D eigenvalue weighted by atomic mass is 10.1. The van der Waals surface area contributed by atoms with Gasteiger partial charge in [-0.1, -0.05) is 0 Å². The van der Waals surface area contributed by atoms with Gasteiger partial charge >= 0.3 is 0 Å². The number of aromatic nitrogens is 2. The zero-order valence-electron chi connectivity index (χ0n) is 13.0. The molecule has 25 heavy (non-hydrogen) atoms. The van der Waals surface area contributed by atoms with Gasteiger partial charge in [0.1, 0.15) is 0 Å². The molecule has 0 bridgehead atoms. The van der Waals surface area contributed by atoms with Crippen LogP contribution in [0.25, 0.3) is 0 Å². The Kier molecular flexibility index (Phi) is 5.17. The lowest BCUT2D eigenvalue weighted by Crippen LogP contribution is -2.32. The van der Waals surface area contributed by atoms with Crippen molar-refractivity contribution in [1.29, 1.82) is 0 Å². The highest BCUT2D eigenvalue weighted by Crippen LogP contribution is 2.22. The number of aryl methyl sites for hydroxylation is 1. The smallest absolute Gasteiger partial charge is 0.277 e. The first-order valence-corrected chi connectivity index (χ1v) is 7.05. The first kappa shape index (κ1) is 17.7. The molecule has 2 rings (SSSR count). The van der Waals surface area contributed by atoms with Gasteiger partial charge in [-0.05, 0) is 13.0 Å². The van der Waals surface area contributed by atoms with Gasteiger partial charge in [-0.2, -0.15) is 5.10 Å². The van der Waals surface area contributed by atoms with E-state index in [2.05, 4.69) is 10.4 Å². The Balaban J connectivity index is 2.12. The van der Waals surface area contributed by atoms with Gasteiger partial charge in [-0.3, -0.25) is 29.8 Å². The number of non-ortho nitro benzene ring substituents is 2. The van der Waals surface area contributed by atoms with E-state index in [0.29, 0.717) is 5.69 Å². The number of rotatable bonds is 6. The average molecular weight is 347 g/mol. The van der Waals surface area contributed by atoms with Gasteiger partial charge in [0.15, 0.2) is 0 Å². The first-order chi connectivity index (χ1) is 11.8. The van der Waals surface area contributed by atoms with Crippen LogP contribution in [0.5, 0.6) is 0 Å². The van der Waals surface area contributed by atoms with Crippen molar-refractivity contribution < 1.29 is 14.6 Å². The molecule has 0 saturated heterocycles. The van der Waals surface area contributed by atoms with Crippen molar-refractivity contribution in [2.45, 2.75) is 13.5 Å². The Morgan fingerprint density at radius 1 is 1.16 bits per heavy atom. The van der Waals surface area contributed by atoms with Crippen LogP contribution in [-0.4, -0.2) is 32.1 Å². The molecule has 0 aliphatic heterocycles. The van der Waals surface area contributed by atoms with Gasteiger partial charge in [0.2, 0.25) is 0 Å². The summed E-state index contributed by atoms with van der Waals surface area (Å²) in [7, 11) is 0. The molecule has 1 aromatic heterocycles. The second-order valence-corrected chi connectivity index (χ2v) is 5.04. The molecule has 0 spiro atoms. The first-order valence-electron chi connectivity index (χ1n) is 7.05. The van der Waals surface area contributed by atoms with Gasteiger partial charge in [-0.15, -0.1) is 0 Å². The van der Waals surface area contributed by atoms with E-state index in [1.54, 1.807) is 13.0 Å². The summed E-state index contributed by atoms with van der Waals surface area (Å²) in [6.07, 6.45) is 0. The quantitative estimate of drug-likeness (QED) is 0.599. The van der Waals surface area contributed by atoms with Crippen LogP contribution in [0.2, 0.25) is 0 Å². The molecule has 2 aromatic rings. The SMILES string of the molecule is Cc1ccc(=O)n(CCNC(=O)c2cc([N+](=O)[O-])cc([N+](=O)[O-])c2)n1. The minimum absolute atomic E-state index is 0.0195. The molecule has 11 nitrogen and oxygen atoms in total. The molecule has 1 amide bonds. The van der Waals surface area contributed by atoms with Gasteiger partial charge in [0.05, 0.1) is 33.7 Å². The van der Waals surface area contributed by atoms with E-state index < -0.39 is 27.1 Å². The highest BCUT2D eigenvalue weighted by Gasteiger charge is 2.19. The predicted octanol–water partition coefficient (Wildman–Crippen LogP) is 0.798. The number of benzene rings is 1. The van der Waals surface area contributed by atoms with E-state index in [4.69, 9.17) is 0 Å². The Bertz CT molecular complexity index is 875. The molecular formula is C14H13N5O6. The summed E-state index contributed by atoms with van der Waals surface area (Å²) in [4.78, 5) is 43.7. The van der Waals surface area contributed by atoms with Crippen LogP contribution in [0.4, 0.5) is 11.4 Å². The number of hydrogen-bond donors (Lipinski definition) is 1. The predicted molar refractivity (Wildman–Crippen MR) is 85.3 cm³/mol. The number of carbonyl (C=O) groups excluding carboxylic acids is 1. The number of nitro benzene ring substituents is 2. The van der Waals surface area contributed by atoms with Crippen molar-refractivity contribution >= 4 is 17.3 Å². The number of hydrogen-bond acceptors (Lipinski definition) is 7. The van der Waals surface area contributed by atoms with E-state index in [9.17, 15) is 29.8 Å². The summed E-state index contributed by atoms with van der Waals surface area (Å²) in [6, 6.07) is 5.56. The highest BCUT2D eigenvalue weighted by atomic mass is 16.6. The summed E-state index contributed by atoms with van der Waals surface area (Å²) >= 11 is 0. The Labute approximate surface area is 140 Å². The molecule has 0 aliphatic rings. The normalized spacial score (nSPS) is 10.3. The van der Waals surface area contributed by atoms with Crippen molar-refractivity contribution in [3.8, 4) is 0 Å². The molecule has 1 heterocycles. The second kappa shape index (κ2) is 7.29. The maximum Gasteiger partial charge on any atom is 0.277 e. The standard InChI is InChI=1S/C14H13N5O6/c1-9-2-3-13(20)17(16-9)5-4-15-14(21)10-6-11(18(22)23)8-12(7-10)19(24)25/h2-3,6-8H,4-5H2,1H3,(H,15,21). The number of nitrogens with zero attached hydrogens (tertiary/aromatic N) is 4. The molecule has 0 unspecified atom stereocenters. The molecule has 11 heteroatoms. The minimum Gasteiger partial charge on any atom is -0.350 e. The summed E-state index contributed by atoms with van der Waals surface area (Å²) in [5.74, 6) is -0.729. The van der Waals surface area contributed by atoms with E-state index in [1.165, 1.54) is 6.07 Å². The molecule has 1 N–H and O–H groups in total. The third-order valence-corrected chi connectivity index (χ3v) is 3.20. The van der Waals surface area contributed by atoms with Crippen molar-refractivity contribution in [2.24, 2.45) is 0 Å². The number of nitro groups is 2. The fraction of sp³-hybridized carbons (Fsp3) is 0.214. The fourth-order valence-corrected chi connectivity index (χ4v) is 2.03. The van der Waals surface area contributed by atoms with Crippen LogP contribution in [-0.2, 0) is 6.54 Å². The number of amides is 1. The van der Waals surface area contributed by atoms with Gasteiger partial charge < -0.3 is 5.32 Å². The van der Waals surface area contributed by atoms with Crippen molar-refractivity contribution in [2.75, 3.05) is 6.54 Å². The minimum atomic E-state index is -0.819. The summed E-state index contributed by atoms with van der Waals surface area (Å²) in [5.41, 5.74) is -1.05. The van der Waals surface area contributed by atoms with Crippen LogP contribution >= 0.6 is 0 Å². The lowest BCUT2D eigenvalue weighted by molar-refractivity contribution is -0.394. The summed E-state index contributed by atoms with van der Waals surface area (Å²) in [5, 5.41) is 28.1. The third kappa shape index (κ3) is 4.43. The molecule has 0 radical (unpaired) electrons. The van der Waals surface area contributed by atoms with Crippen LogP contribution < -0.4 is 10.9 Å². The van der Waals surface area contributed by atoms with E-state index >= 15 is 0 Å². The van der Waals surface area contributed by atoms with E-state index in [-0.39, 0.29) is 24.2 Å². The fourth-order valence-electron chi connectivity index (χ4n) is 2.03. The lowest BCUT2D eigenvalue weighted by Gasteiger charge is -2.07. The molecule has 130 valence electrons. The highest BCUT2D eigenvalue weighted by molar-refractivity contribution is 5.95. The zero-order chi connectivity index (χ0) is 18.6. The Hall–Kier alpha value is -3.63. The molecule has 0 aliphatic carbocycles. The van der Waals surface area contributed by atoms with Crippen molar-refractivity contribution in [3.63, 3.8) is 0 Å². The molecule has 0 saturated carbocycles. The molecule has 0 fully saturated rings. The van der Waals surface area contributed by atoms with Gasteiger partial charge in [-0.25, -0.2) is 4.68 Å². The number of nitrogens with one attached hydrogen (secondary N) is 1. The number of carbonyl (C=O) groups is 1. The van der Waals surface area contributed by atoms with Crippen LogP contribution in [0.15, 0.2) is 35.1 Å². The second-order valence-electron chi connectivity index (χ2n) is 5.04. The maximum absolute atomic E-state index is 12.1. The molecule has 0 atom stereocenters.